The fourth-order valence-electron chi connectivity index (χ4n) is 3.58. The molecule has 2 heterocycles. The maximum Gasteiger partial charge on any atom is 0.326 e. The monoisotopic (exact) mass is 278 g/mol. The summed E-state index contributed by atoms with van der Waals surface area (Å²) in [6, 6.07) is -0.634. The summed E-state index contributed by atoms with van der Waals surface area (Å²) in [5.41, 5.74) is 0. The molecule has 108 valence electrons. The smallest absolute Gasteiger partial charge is 0.326 e. The molecule has 1 aromatic heterocycles. The lowest BCUT2D eigenvalue weighted by molar-refractivity contribution is -0.149. The average molecular weight is 278 g/mol. The highest BCUT2D eigenvalue weighted by atomic mass is 16.4. The summed E-state index contributed by atoms with van der Waals surface area (Å²) in [7, 11) is 0. The van der Waals surface area contributed by atoms with Crippen molar-refractivity contribution in [3.8, 4) is 0 Å². The maximum absolute atomic E-state index is 12.3. The van der Waals surface area contributed by atoms with Crippen molar-refractivity contribution in [2.75, 3.05) is 6.54 Å². The van der Waals surface area contributed by atoms with Gasteiger partial charge >= 0.3 is 5.97 Å². The Kier molecular flexibility index (Phi) is 3.42. The third kappa shape index (κ3) is 2.28. The van der Waals surface area contributed by atoms with Gasteiger partial charge in [-0.25, -0.2) is 4.79 Å². The van der Waals surface area contributed by atoms with Crippen molar-refractivity contribution in [2.24, 2.45) is 11.8 Å². The van der Waals surface area contributed by atoms with Crippen LogP contribution in [0.1, 0.15) is 25.7 Å². The molecule has 0 radical (unpaired) electrons. The van der Waals surface area contributed by atoms with E-state index in [4.69, 9.17) is 0 Å². The van der Waals surface area contributed by atoms with Crippen LogP contribution in [0.4, 0.5) is 0 Å². The lowest BCUT2D eigenvalue weighted by Crippen LogP contribution is -2.43. The molecule has 7 nitrogen and oxygen atoms in total. The zero-order valence-electron chi connectivity index (χ0n) is 11.2. The van der Waals surface area contributed by atoms with E-state index < -0.39 is 12.0 Å². The molecule has 20 heavy (non-hydrogen) atoms. The number of likely N-dealkylation sites (tertiary alicyclic amines) is 1. The molecular weight excluding hydrogens is 260 g/mol. The van der Waals surface area contributed by atoms with E-state index in [1.165, 1.54) is 0 Å². The predicted molar refractivity (Wildman–Crippen MR) is 68.6 cm³/mol. The number of amides is 1. The molecular formula is C13H18N4O3. The van der Waals surface area contributed by atoms with Crippen molar-refractivity contribution in [2.45, 2.75) is 38.3 Å². The highest BCUT2D eigenvalue weighted by Gasteiger charge is 2.49. The van der Waals surface area contributed by atoms with E-state index in [0.717, 1.165) is 19.3 Å². The van der Waals surface area contributed by atoms with Gasteiger partial charge in [-0.3, -0.25) is 9.48 Å². The van der Waals surface area contributed by atoms with E-state index in [0.29, 0.717) is 19.0 Å². The van der Waals surface area contributed by atoms with Gasteiger partial charge < -0.3 is 10.0 Å². The van der Waals surface area contributed by atoms with Gasteiger partial charge in [0.2, 0.25) is 5.91 Å². The Bertz CT molecular complexity index is 502. The molecule has 0 bridgehead atoms. The van der Waals surface area contributed by atoms with Gasteiger partial charge in [0.1, 0.15) is 6.04 Å². The van der Waals surface area contributed by atoms with Crippen molar-refractivity contribution >= 4 is 11.9 Å². The molecule has 2 aliphatic rings. The molecule has 1 aromatic rings. The van der Waals surface area contributed by atoms with E-state index in [2.05, 4.69) is 10.3 Å². The number of aliphatic carboxylic acids is 1. The Balaban J connectivity index is 1.65. The van der Waals surface area contributed by atoms with Crippen LogP contribution in [0.25, 0.3) is 0 Å². The maximum atomic E-state index is 12.3. The molecule has 1 aliphatic heterocycles. The summed E-state index contributed by atoms with van der Waals surface area (Å²) in [5.74, 6) is -0.454. The van der Waals surface area contributed by atoms with Crippen LogP contribution < -0.4 is 0 Å². The third-order valence-electron chi connectivity index (χ3n) is 4.49. The third-order valence-corrected chi connectivity index (χ3v) is 4.49. The minimum atomic E-state index is -0.867. The molecule has 1 saturated carbocycles. The number of rotatable bonds is 4. The van der Waals surface area contributed by atoms with Gasteiger partial charge in [0.05, 0.1) is 12.7 Å². The second-order valence-electron chi connectivity index (χ2n) is 5.60. The second kappa shape index (κ2) is 5.22. The van der Waals surface area contributed by atoms with Crippen LogP contribution in [-0.4, -0.2) is 49.5 Å². The van der Waals surface area contributed by atoms with Gasteiger partial charge in [0.15, 0.2) is 0 Å². The molecule has 2 fully saturated rings. The van der Waals surface area contributed by atoms with Crippen LogP contribution in [0.3, 0.4) is 0 Å². The highest BCUT2D eigenvalue weighted by Crippen LogP contribution is 2.42. The minimum absolute atomic E-state index is 0.0951. The number of aromatic nitrogens is 3. The Hall–Kier alpha value is -1.92. The zero-order chi connectivity index (χ0) is 14.1. The van der Waals surface area contributed by atoms with E-state index in [1.54, 1.807) is 22.0 Å². The normalized spacial score (nSPS) is 28.6. The fraction of sp³-hybridized carbons (Fsp3) is 0.692. The number of aryl methyl sites for hydroxylation is 1. The van der Waals surface area contributed by atoms with E-state index in [9.17, 15) is 14.7 Å². The van der Waals surface area contributed by atoms with E-state index in [-0.39, 0.29) is 18.2 Å². The summed E-state index contributed by atoms with van der Waals surface area (Å²) in [6.45, 7) is 1.04. The van der Waals surface area contributed by atoms with E-state index in [1.807, 2.05) is 0 Å². The number of carboxylic acids is 1. The van der Waals surface area contributed by atoms with Gasteiger partial charge in [-0.1, -0.05) is 11.6 Å². The van der Waals surface area contributed by atoms with Crippen LogP contribution in [0.15, 0.2) is 12.4 Å². The van der Waals surface area contributed by atoms with Crippen LogP contribution in [0.5, 0.6) is 0 Å². The number of nitrogens with zero attached hydrogens (tertiary/aromatic N) is 4. The van der Waals surface area contributed by atoms with Crippen molar-refractivity contribution in [1.29, 1.82) is 0 Å². The van der Waals surface area contributed by atoms with Crippen LogP contribution in [0, 0.1) is 11.8 Å². The number of hydrogen-bond acceptors (Lipinski definition) is 4. The van der Waals surface area contributed by atoms with Crippen LogP contribution in [0.2, 0.25) is 0 Å². The first-order chi connectivity index (χ1) is 9.66. The van der Waals surface area contributed by atoms with Crippen molar-refractivity contribution in [3.05, 3.63) is 12.4 Å². The summed E-state index contributed by atoms with van der Waals surface area (Å²) in [6.07, 6.45) is 6.58. The van der Waals surface area contributed by atoms with Gasteiger partial charge in [0, 0.05) is 19.2 Å². The SMILES string of the molecule is O=C(O)C1C2CCCC2CN1C(=O)CCn1ccnn1. The van der Waals surface area contributed by atoms with E-state index >= 15 is 0 Å². The van der Waals surface area contributed by atoms with Crippen LogP contribution >= 0.6 is 0 Å². The molecule has 1 N–H and O–H groups in total. The van der Waals surface area contributed by atoms with Crippen LogP contribution in [-0.2, 0) is 16.1 Å². The molecule has 1 saturated heterocycles. The minimum Gasteiger partial charge on any atom is -0.480 e. The summed E-state index contributed by atoms with van der Waals surface area (Å²) < 4.78 is 1.59. The standard InChI is InChI=1S/C13H18N4O3/c18-11(4-6-16-7-5-14-15-16)17-8-9-2-1-3-10(9)12(17)13(19)20/h5,7,9-10,12H,1-4,6,8H2,(H,19,20). The molecule has 3 rings (SSSR count). The molecule has 7 heteroatoms. The molecule has 1 amide bonds. The Morgan fingerprint density at radius 2 is 2.20 bits per heavy atom. The quantitative estimate of drug-likeness (QED) is 0.860. The fourth-order valence-corrected chi connectivity index (χ4v) is 3.58. The number of hydrogen-bond donors (Lipinski definition) is 1. The van der Waals surface area contributed by atoms with Gasteiger partial charge in [-0.05, 0) is 24.7 Å². The summed E-state index contributed by atoms with van der Waals surface area (Å²) in [5, 5.41) is 16.9. The van der Waals surface area contributed by atoms with Gasteiger partial charge in [-0.2, -0.15) is 0 Å². The predicted octanol–water partition coefficient (Wildman–Crippen LogP) is 0.380. The lowest BCUT2D eigenvalue weighted by atomic mass is 9.94. The van der Waals surface area contributed by atoms with Crippen molar-refractivity contribution in [3.63, 3.8) is 0 Å². The highest BCUT2D eigenvalue weighted by molar-refractivity contribution is 5.84. The topological polar surface area (TPSA) is 88.3 Å². The number of fused-ring (bicyclic) bond motifs is 1. The largest absolute Gasteiger partial charge is 0.480 e. The average Bonchev–Trinajstić information content (AvgIpc) is 3.10. The Morgan fingerprint density at radius 3 is 2.90 bits per heavy atom. The first-order valence-electron chi connectivity index (χ1n) is 7.03. The molecule has 0 aromatic carbocycles. The van der Waals surface area contributed by atoms with Gasteiger partial charge in [-0.15, -0.1) is 5.10 Å². The van der Waals surface area contributed by atoms with Crippen molar-refractivity contribution in [1.82, 2.24) is 19.9 Å². The zero-order valence-corrected chi connectivity index (χ0v) is 11.2. The number of carbonyl (C=O) groups is 2. The number of carbonyl (C=O) groups excluding carboxylic acids is 1. The first-order valence-corrected chi connectivity index (χ1v) is 7.03. The number of carboxylic acid groups (broad SMARTS) is 1. The molecule has 0 spiro atoms. The molecule has 3 unspecified atom stereocenters. The Morgan fingerprint density at radius 1 is 1.35 bits per heavy atom. The lowest BCUT2D eigenvalue weighted by Gasteiger charge is -2.24. The molecule has 3 atom stereocenters. The van der Waals surface area contributed by atoms with Gasteiger partial charge in [0.25, 0.3) is 0 Å². The molecule has 1 aliphatic carbocycles. The Labute approximate surface area is 116 Å². The first kappa shape index (κ1) is 13.1. The second-order valence-corrected chi connectivity index (χ2v) is 5.60. The summed E-state index contributed by atoms with van der Waals surface area (Å²) in [4.78, 5) is 25.3. The summed E-state index contributed by atoms with van der Waals surface area (Å²) >= 11 is 0. The van der Waals surface area contributed by atoms with Crippen molar-refractivity contribution < 1.29 is 14.7 Å².